The van der Waals surface area contributed by atoms with Gasteiger partial charge in [0.15, 0.2) is 0 Å². The molecule has 1 spiro atoms. The molecule has 2 fully saturated rings. The second-order valence-corrected chi connectivity index (χ2v) is 6.87. The van der Waals surface area contributed by atoms with Gasteiger partial charge < -0.3 is 19.7 Å². The van der Waals surface area contributed by atoms with Gasteiger partial charge >= 0.3 is 0 Å². The molecule has 2 N–H and O–H groups in total. The number of hydrogen-bond acceptors (Lipinski definition) is 6. The predicted octanol–water partition coefficient (Wildman–Crippen LogP) is 0.957. The zero-order valence-corrected chi connectivity index (χ0v) is 13.9. The monoisotopic (exact) mass is 322 g/mol. The molecule has 1 aromatic rings. The number of aliphatic hydroxyl groups excluding tert-OH is 1. The van der Waals surface area contributed by atoms with Crippen LogP contribution >= 0.6 is 0 Å². The molecule has 6 heteroatoms. The minimum Gasteiger partial charge on any atom is -0.481 e. The molecule has 1 aromatic heterocycles. The number of pyridine rings is 1. The number of rotatable bonds is 3. The molecule has 128 valence electrons. The Morgan fingerprint density at radius 1 is 1.35 bits per heavy atom. The van der Waals surface area contributed by atoms with E-state index < -0.39 is 17.3 Å². The van der Waals surface area contributed by atoms with Crippen LogP contribution in [0.15, 0.2) is 18.2 Å². The lowest BCUT2D eigenvalue weighted by Crippen LogP contribution is -2.64. The van der Waals surface area contributed by atoms with E-state index in [4.69, 9.17) is 9.47 Å². The van der Waals surface area contributed by atoms with E-state index in [1.807, 2.05) is 18.2 Å². The maximum Gasteiger partial charge on any atom is 0.213 e. The van der Waals surface area contributed by atoms with Crippen LogP contribution in [-0.2, 0) is 11.3 Å². The Bertz CT molecular complexity index is 541. The van der Waals surface area contributed by atoms with Gasteiger partial charge in [0.25, 0.3) is 0 Å². The fraction of sp³-hybridized carbons (Fsp3) is 0.706. The lowest BCUT2D eigenvalue weighted by molar-refractivity contribution is -0.246. The molecule has 0 amide bonds. The standard InChI is InChI=1S/C17H26N2O4/c1-16(21)8-11-23-17(15(16)20)6-9-19(10-7-17)12-13-4-3-5-14(18-13)22-2/h3-5,15,20-21H,6-12H2,1-2H3/t15-,16+/m0/s1. The molecule has 0 radical (unpaired) electrons. The van der Waals surface area contributed by atoms with Crippen LogP contribution in [0.4, 0.5) is 0 Å². The molecule has 0 bridgehead atoms. The molecule has 2 aliphatic heterocycles. The maximum atomic E-state index is 10.5. The van der Waals surface area contributed by atoms with Crippen molar-refractivity contribution in [3.8, 4) is 5.88 Å². The van der Waals surface area contributed by atoms with Gasteiger partial charge in [-0.15, -0.1) is 0 Å². The van der Waals surface area contributed by atoms with E-state index in [0.717, 1.165) is 25.3 Å². The molecule has 2 aliphatic rings. The molecule has 2 saturated heterocycles. The van der Waals surface area contributed by atoms with Gasteiger partial charge in [0, 0.05) is 32.1 Å². The zero-order chi connectivity index (χ0) is 16.5. The van der Waals surface area contributed by atoms with E-state index in [1.165, 1.54) is 0 Å². The molecule has 6 nitrogen and oxygen atoms in total. The molecule has 0 unspecified atom stereocenters. The molecule has 0 aromatic carbocycles. The van der Waals surface area contributed by atoms with Crippen LogP contribution in [0.5, 0.6) is 5.88 Å². The van der Waals surface area contributed by atoms with Crippen molar-refractivity contribution in [2.45, 2.75) is 50.0 Å². The smallest absolute Gasteiger partial charge is 0.213 e. The summed E-state index contributed by atoms with van der Waals surface area (Å²) in [5, 5.41) is 20.9. The Kier molecular flexibility index (Phi) is 4.60. The minimum absolute atomic E-state index is 0.480. The van der Waals surface area contributed by atoms with Crippen LogP contribution in [0.25, 0.3) is 0 Å². The second kappa shape index (κ2) is 6.36. The van der Waals surface area contributed by atoms with Crippen molar-refractivity contribution in [3.63, 3.8) is 0 Å². The first-order valence-corrected chi connectivity index (χ1v) is 8.22. The third kappa shape index (κ3) is 3.35. The summed E-state index contributed by atoms with van der Waals surface area (Å²) in [5.41, 5.74) is -0.702. The lowest BCUT2D eigenvalue weighted by Gasteiger charge is -2.51. The van der Waals surface area contributed by atoms with Crippen LogP contribution in [-0.4, -0.2) is 64.2 Å². The Labute approximate surface area is 137 Å². The summed E-state index contributed by atoms with van der Waals surface area (Å²) in [6, 6.07) is 5.77. The van der Waals surface area contributed by atoms with Crippen LogP contribution < -0.4 is 4.74 Å². The average molecular weight is 322 g/mol. The van der Waals surface area contributed by atoms with Gasteiger partial charge in [-0.3, -0.25) is 4.90 Å². The fourth-order valence-electron chi connectivity index (χ4n) is 3.64. The average Bonchev–Trinajstić information content (AvgIpc) is 2.55. The first kappa shape index (κ1) is 16.6. The van der Waals surface area contributed by atoms with Crippen molar-refractivity contribution in [2.24, 2.45) is 0 Å². The summed E-state index contributed by atoms with van der Waals surface area (Å²) in [5.74, 6) is 0.623. The number of ether oxygens (including phenoxy) is 2. The fourth-order valence-corrected chi connectivity index (χ4v) is 3.64. The first-order chi connectivity index (χ1) is 11.0. The number of aliphatic hydroxyl groups is 2. The summed E-state index contributed by atoms with van der Waals surface area (Å²) >= 11 is 0. The topological polar surface area (TPSA) is 75.1 Å². The Morgan fingerprint density at radius 2 is 2.09 bits per heavy atom. The number of hydrogen-bond donors (Lipinski definition) is 2. The highest BCUT2D eigenvalue weighted by atomic mass is 16.5. The summed E-state index contributed by atoms with van der Waals surface area (Å²) in [7, 11) is 1.62. The largest absolute Gasteiger partial charge is 0.481 e. The van der Waals surface area contributed by atoms with Crippen LogP contribution in [0.1, 0.15) is 31.9 Å². The van der Waals surface area contributed by atoms with E-state index in [0.29, 0.717) is 31.7 Å². The Hall–Kier alpha value is -1.21. The SMILES string of the molecule is COc1cccc(CN2CCC3(CC2)OCC[C@@](C)(O)[C@@H]3O)n1. The van der Waals surface area contributed by atoms with Crippen molar-refractivity contribution < 1.29 is 19.7 Å². The number of aromatic nitrogens is 1. The van der Waals surface area contributed by atoms with Crippen LogP contribution in [0.3, 0.4) is 0 Å². The summed E-state index contributed by atoms with van der Waals surface area (Å²) in [6.07, 6.45) is 1.08. The van der Waals surface area contributed by atoms with Gasteiger partial charge in [-0.2, -0.15) is 0 Å². The van der Waals surface area contributed by atoms with Crippen molar-refractivity contribution in [2.75, 3.05) is 26.8 Å². The summed E-state index contributed by atoms with van der Waals surface area (Å²) in [4.78, 5) is 6.74. The number of methoxy groups -OCH3 is 1. The normalized spacial score (nSPS) is 31.2. The first-order valence-electron chi connectivity index (χ1n) is 8.22. The van der Waals surface area contributed by atoms with E-state index in [2.05, 4.69) is 9.88 Å². The predicted molar refractivity (Wildman–Crippen MR) is 85.2 cm³/mol. The molecule has 2 atom stereocenters. The van der Waals surface area contributed by atoms with Crippen molar-refractivity contribution in [3.05, 3.63) is 23.9 Å². The third-order valence-corrected chi connectivity index (χ3v) is 5.16. The summed E-state index contributed by atoms with van der Waals surface area (Å²) < 4.78 is 11.1. The highest BCUT2D eigenvalue weighted by Gasteiger charge is 2.52. The number of nitrogens with zero attached hydrogens (tertiary/aromatic N) is 2. The third-order valence-electron chi connectivity index (χ3n) is 5.16. The van der Waals surface area contributed by atoms with Crippen molar-refractivity contribution in [1.29, 1.82) is 0 Å². The van der Waals surface area contributed by atoms with Gasteiger partial charge in [0.1, 0.15) is 6.10 Å². The second-order valence-electron chi connectivity index (χ2n) is 6.87. The maximum absolute atomic E-state index is 10.5. The van der Waals surface area contributed by atoms with E-state index in [1.54, 1.807) is 14.0 Å². The number of piperidine rings is 1. The van der Waals surface area contributed by atoms with Crippen LogP contribution in [0, 0.1) is 0 Å². The van der Waals surface area contributed by atoms with E-state index in [9.17, 15) is 10.2 Å². The quantitative estimate of drug-likeness (QED) is 0.863. The molecule has 3 rings (SSSR count). The lowest BCUT2D eigenvalue weighted by atomic mass is 9.75. The highest BCUT2D eigenvalue weighted by molar-refractivity contribution is 5.16. The van der Waals surface area contributed by atoms with Crippen molar-refractivity contribution in [1.82, 2.24) is 9.88 Å². The van der Waals surface area contributed by atoms with Gasteiger partial charge in [0.05, 0.1) is 30.6 Å². The Balaban J connectivity index is 1.62. The number of likely N-dealkylation sites (tertiary alicyclic amines) is 1. The van der Waals surface area contributed by atoms with E-state index >= 15 is 0 Å². The molecule has 0 saturated carbocycles. The van der Waals surface area contributed by atoms with Crippen molar-refractivity contribution >= 4 is 0 Å². The molecule has 3 heterocycles. The Morgan fingerprint density at radius 3 is 2.78 bits per heavy atom. The molecule has 23 heavy (non-hydrogen) atoms. The van der Waals surface area contributed by atoms with Gasteiger partial charge in [-0.1, -0.05) is 6.07 Å². The van der Waals surface area contributed by atoms with E-state index in [-0.39, 0.29) is 0 Å². The summed E-state index contributed by atoms with van der Waals surface area (Å²) in [6.45, 7) is 4.58. The molecule has 0 aliphatic carbocycles. The van der Waals surface area contributed by atoms with Gasteiger partial charge in [-0.05, 0) is 25.8 Å². The molecular weight excluding hydrogens is 296 g/mol. The minimum atomic E-state index is -1.06. The molecular formula is C17H26N2O4. The zero-order valence-electron chi connectivity index (χ0n) is 13.9. The highest BCUT2D eigenvalue weighted by Crippen LogP contribution is 2.39. The van der Waals surface area contributed by atoms with Gasteiger partial charge in [-0.25, -0.2) is 4.98 Å². The van der Waals surface area contributed by atoms with Crippen LogP contribution in [0.2, 0.25) is 0 Å². The van der Waals surface area contributed by atoms with Gasteiger partial charge in [0.2, 0.25) is 5.88 Å².